The smallest absolute Gasteiger partial charge is 0.308 e. The fourth-order valence-corrected chi connectivity index (χ4v) is 1.58. The Hall–Kier alpha value is -1.43. The molecule has 1 heterocycles. The van der Waals surface area contributed by atoms with Gasteiger partial charge < -0.3 is 14.8 Å². The summed E-state index contributed by atoms with van der Waals surface area (Å²) in [7, 11) is 0. The third-order valence-electron chi connectivity index (χ3n) is 2.16. The van der Waals surface area contributed by atoms with E-state index in [1.807, 2.05) is 6.26 Å². The van der Waals surface area contributed by atoms with Gasteiger partial charge in [-0.3, -0.25) is 9.59 Å². The van der Waals surface area contributed by atoms with E-state index < -0.39 is 11.9 Å². The molecule has 1 amide bonds. The number of hydrogen-bond donors (Lipinski definition) is 2. The van der Waals surface area contributed by atoms with Crippen molar-refractivity contribution in [3.63, 3.8) is 0 Å². The second-order valence-electron chi connectivity index (χ2n) is 3.65. The number of carboxylic acids is 1. The van der Waals surface area contributed by atoms with Crippen LogP contribution in [-0.4, -0.2) is 29.8 Å². The minimum Gasteiger partial charge on any atom is -0.481 e. The molecule has 0 saturated carbocycles. The zero-order chi connectivity index (χ0) is 12.8. The van der Waals surface area contributed by atoms with Crippen LogP contribution in [0, 0.1) is 5.92 Å². The number of carbonyl (C=O) groups excluding carboxylic acids is 1. The van der Waals surface area contributed by atoms with E-state index in [2.05, 4.69) is 5.32 Å². The molecule has 0 aliphatic carbocycles. The normalized spacial score (nSPS) is 12.1. The van der Waals surface area contributed by atoms with Crippen LogP contribution in [0.25, 0.3) is 0 Å². The lowest BCUT2D eigenvalue weighted by Gasteiger charge is -2.06. The Balaban J connectivity index is 2.49. The van der Waals surface area contributed by atoms with Gasteiger partial charge in [0.25, 0.3) is 5.91 Å². The van der Waals surface area contributed by atoms with Gasteiger partial charge in [0.2, 0.25) is 0 Å². The quantitative estimate of drug-likeness (QED) is 0.809. The van der Waals surface area contributed by atoms with E-state index >= 15 is 0 Å². The maximum Gasteiger partial charge on any atom is 0.308 e. The molecule has 1 rings (SSSR count). The molecule has 0 aliphatic rings. The first-order valence-electron chi connectivity index (χ1n) is 5.13. The molecule has 0 aromatic carbocycles. The zero-order valence-corrected chi connectivity index (χ0v) is 10.5. The van der Waals surface area contributed by atoms with E-state index in [1.165, 1.54) is 6.92 Å². The van der Waals surface area contributed by atoms with Crippen LogP contribution in [0.1, 0.15) is 23.2 Å². The highest BCUT2D eigenvalue weighted by Gasteiger charge is 2.15. The number of carbonyl (C=O) groups is 2. The number of nitrogens with one attached hydrogen (secondary N) is 1. The third kappa shape index (κ3) is 4.14. The second kappa shape index (κ2) is 6.34. The molecule has 0 radical (unpaired) electrons. The summed E-state index contributed by atoms with van der Waals surface area (Å²) >= 11 is 1.60. The number of carboxylic acid groups (broad SMARTS) is 1. The van der Waals surface area contributed by atoms with Crippen LogP contribution in [0.5, 0.6) is 0 Å². The van der Waals surface area contributed by atoms with Crippen molar-refractivity contribution in [3.05, 3.63) is 23.7 Å². The molecule has 1 aromatic rings. The Kier molecular flexibility index (Phi) is 5.09. The molecule has 0 fully saturated rings. The topological polar surface area (TPSA) is 79.5 Å². The van der Waals surface area contributed by atoms with Crippen LogP contribution in [0.3, 0.4) is 0 Å². The number of amides is 1. The number of hydrogen-bond acceptors (Lipinski definition) is 4. The summed E-state index contributed by atoms with van der Waals surface area (Å²) in [4.78, 5) is 22.1. The largest absolute Gasteiger partial charge is 0.481 e. The second-order valence-corrected chi connectivity index (χ2v) is 4.51. The van der Waals surface area contributed by atoms with E-state index in [0.717, 1.165) is 5.76 Å². The van der Waals surface area contributed by atoms with Gasteiger partial charge in [-0.05, 0) is 18.4 Å². The average Bonchev–Trinajstić information content (AvgIpc) is 2.74. The lowest BCUT2D eigenvalue weighted by atomic mass is 10.2. The Morgan fingerprint density at radius 3 is 2.82 bits per heavy atom. The zero-order valence-electron chi connectivity index (χ0n) is 9.73. The van der Waals surface area contributed by atoms with Crippen molar-refractivity contribution in [2.75, 3.05) is 12.8 Å². The summed E-state index contributed by atoms with van der Waals surface area (Å²) in [6.07, 6.45) is 1.94. The van der Waals surface area contributed by atoms with Crippen LogP contribution in [0.4, 0.5) is 0 Å². The summed E-state index contributed by atoms with van der Waals surface area (Å²) < 4.78 is 5.30. The molecule has 6 heteroatoms. The molecule has 0 spiro atoms. The van der Waals surface area contributed by atoms with Gasteiger partial charge in [0.05, 0.1) is 11.7 Å². The summed E-state index contributed by atoms with van der Waals surface area (Å²) in [5.41, 5.74) is 0. The molecular weight excluding hydrogens is 242 g/mol. The predicted octanol–water partition coefficient (Wildman–Crippen LogP) is 1.59. The predicted molar refractivity (Wildman–Crippen MR) is 65.1 cm³/mol. The minimum atomic E-state index is -0.937. The molecule has 0 bridgehead atoms. The maximum atomic E-state index is 11.6. The van der Waals surface area contributed by atoms with Crippen LogP contribution in [-0.2, 0) is 10.5 Å². The number of aliphatic carboxylic acids is 1. The van der Waals surface area contributed by atoms with Gasteiger partial charge in [-0.1, -0.05) is 6.92 Å². The van der Waals surface area contributed by atoms with Gasteiger partial charge >= 0.3 is 5.97 Å². The molecule has 0 aliphatic heterocycles. The van der Waals surface area contributed by atoms with Crippen molar-refractivity contribution >= 4 is 23.6 Å². The van der Waals surface area contributed by atoms with E-state index in [9.17, 15) is 9.59 Å². The SMILES string of the molecule is CSCc1ccc(C(=O)NCC(C)C(=O)O)o1. The Morgan fingerprint density at radius 1 is 1.53 bits per heavy atom. The summed E-state index contributed by atoms with van der Waals surface area (Å²) in [6.45, 7) is 1.62. The summed E-state index contributed by atoms with van der Waals surface area (Å²) in [5, 5.41) is 11.2. The van der Waals surface area contributed by atoms with Gasteiger partial charge in [-0.15, -0.1) is 0 Å². The lowest BCUT2D eigenvalue weighted by Crippen LogP contribution is -2.31. The van der Waals surface area contributed by atoms with E-state index in [0.29, 0.717) is 5.75 Å². The molecule has 5 nitrogen and oxygen atoms in total. The molecule has 2 N–H and O–H groups in total. The van der Waals surface area contributed by atoms with Crippen molar-refractivity contribution < 1.29 is 19.1 Å². The van der Waals surface area contributed by atoms with Crippen LogP contribution in [0.2, 0.25) is 0 Å². The highest BCUT2D eigenvalue weighted by atomic mass is 32.2. The maximum absolute atomic E-state index is 11.6. The highest BCUT2D eigenvalue weighted by molar-refractivity contribution is 7.97. The lowest BCUT2D eigenvalue weighted by molar-refractivity contribution is -0.140. The van der Waals surface area contributed by atoms with Gasteiger partial charge in [-0.25, -0.2) is 0 Å². The minimum absolute atomic E-state index is 0.0900. The van der Waals surface area contributed by atoms with Crippen molar-refractivity contribution in [1.82, 2.24) is 5.32 Å². The number of furan rings is 1. The molecule has 94 valence electrons. The Bertz CT molecular complexity index is 402. The van der Waals surface area contributed by atoms with Crippen LogP contribution in [0.15, 0.2) is 16.5 Å². The van der Waals surface area contributed by atoms with E-state index in [1.54, 1.807) is 23.9 Å². The molecule has 0 saturated heterocycles. The van der Waals surface area contributed by atoms with Gasteiger partial charge in [0.1, 0.15) is 5.76 Å². The van der Waals surface area contributed by atoms with Gasteiger partial charge in [0, 0.05) is 6.54 Å². The van der Waals surface area contributed by atoms with Crippen molar-refractivity contribution in [1.29, 1.82) is 0 Å². The van der Waals surface area contributed by atoms with Gasteiger partial charge in [-0.2, -0.15) is 11.8 Å². The molecule has 1 aromatic heterocycles. The summed E-state index contributed by atoms with van der Waals surface area (Å²) in [6, 6.07) is 3.33. The standard InChI is InChI=1S/C11H15NO4S/c1-7(11(14)15)5-12-10(13)9-4-3-8(16-9)6-17-2/h3-4,7H,5-6H2,1-2H3,(H,12,13)(H,14,15). The van der Waals surface area contributed by atoms with Crippen molar-refractivity contribution in [2.45, 2.75) is 12.7 Å². The third-order valence-corrected chi connectivity index (χ3v) is 2.74. The van der Waals surface area contributed by atoms with Crippen LogP contribution >= 0.6 is 11.8 Å². The monoisotopic (exact) mass is 257 g/mol. The number of rotatable bonds is 6. The first kappa shape index (κ1) is 13.6. The fourth-order valence-electron chi connectivity index (χ4n) is 1.14. The molecular formula is C11H15NO4S. The van der Waals surface area contributed by atoms with Crippen molar-refractivity contribution in [2.24, 2.45) is 5.92 Å². The average molecular weight is 257 g/mol. The number of thioether (sulfide) groups is 1. The van der Waals surface area contributed by atoms with E-state index in [-0.39, 0.29) is 18.2 Å². The molecule has 17 heavy (non-hydrogen) atoms. The van der Waals surface area contributed by atoms with E-state index in [4.69, 9.17) is 9.52 Å². The highest BCUT2D eigenvalue weighted by Crippen LogP contribution is 2.13. The molecule has 1 atom stereocenters. The molecule has 1 unspecified atom stereocenters. The van der Waals surface area contributed by atoms with Crippen LogP contribution < -0.4 is 5.32 Å². The fraction of sp³-hybridized carbons (Fsp3) is 0.455. The Labute approximate surface area is 104 Å². The summed E-state index contributed by atoms with van der Waals surface area (Å²) in [5.74, 6) is -0.280. The first-order valence-corrected chi connectivity index (χ1v) is 6.52. The first-order chi connectivity index (χ1) is 8.04. The van der Waals surface area contributed by atoms with Crippen molar-refractivity contribution in [3.8, 4) is 0 Å². The van der Waals surface area contributed by atoms with Gasteiger partial charge in [0.15, 0.2) is 5.76 Å². The Morgan fingerprint density at radius 2 is 2.24 bits per heavy atom.